The summed E-state index contributed by atoms with van der Waals surface area (Å²) in [5, 5.41) is 0. The van der Waals surface area contributed by atoms with Crippen LogP contribution in [0.2, 0.25) is 0 Å². The molecule has 0 spiro atoms. The van der Waals surface area contributed by atoms with E-state index in [1.807, 2.05) is 42.5 Å². The Kier molecular flexibility index (Phi) is 9.23. The van der Waals surface area contributed by atoms with Crippen LogP contribution in [0.1, 0.15) is 68.8 Å². The van der Waals surface area contributed by atoms with Crippen LogP contribution in [0.25, 0.3) is 11.1 Å². The summed E-state index contributed by atoms with van der Waals surface area (Å²) < 4.78 is 19.9. The van der Waals surface area contributed by atoms with Gasteiger partial charge < -0.3 is 20.1 Å². The Balaban J connectivity index is 1.51. The molecule has 0 aromatic heterocycles. The van der Waals surface area contributed by atoms with Crippen molar-refractivity contribution in [2.24, 2.45) is 5.73 Å². The first-order valence-electron chi connectivity index (χ1n) is 14.0. The molecule has 1 fully saturated rings. The summed E-state index contributed by atoms with van der Waals surface area (Å²) in [7, 11) is 0. The van der Waals surface area contributed by atoms with Gasteiger partial charge in [0.05, 0.1) is 14.6 Å². The summed E-state index contributed by atoms with van der Waals surface area (Å²) in [6, 6.07) is 21.6. The van der Waals surface area contributed by atoms with Gasteiger partial charge in [-0.1, -0.05) is 60.7 Å². The molecule has 0 radical (unpaired) electrons. The number of ether oxygens (including phenoxy) is 2. The minimum Gasteiger partial charge on any atom is -0.493 e. The van der Waals surface area contributed by atoms with Crippen LogP contribution in [-0.2, 0) is 14.3 Å². The van der Waals surface area contributed by atoms with Gasteiger partial charge in [0.1, 0.15) is 11.8 Å². The predicted octanol–water partition coefficient (Wildman–Crippen LogP) is 5.69. The normalized spacial score (nSPS) is 14.5. The van der Waals surface area contributed by atoms with E-state index < -0.39 is 23.9 Å². The van der Waals surface area contributed by atoms with Crippen molar-refractivity contribution in [3.05, 3.63) is 90.0 Å². The molecule has 1 unspecified atom stereocenters. The van der Waals surface area contributed by atoms with E-state index in [9.17, 15) is 14.4 Å². The van der Waals surface area contributed by atoms with E-state index in [0.29, 0.717) is 62.2 Å². The zero-order valence-corrected chi connectivity index (χ0v) is 22.3. The Morgan fingerprint density at radius 3 is 2.26 bits per heavy atom. The number of unbranched alkanes of at least 4 members (excludes halogenated alkanes) is 2. The third kappa shape index (κ3) is 7.47. The zero-order valence-electron chi connectivity index (χ0n) is 23.3. The summed E-state index contributed by atoms with van der Waals surface area (Å²) in [6.45, 7) is 2.52. The van der Waals surface area contributed by atoms with E-state index in [1.165, 1.54) is 4.90 Å². The molecule has 1 aliphatic rings. The van der Waals surface area contributed by atoms with Gasteiger partial charge in [-0.3, -0.25) is 14.4 Å². The molecule has 204 valence electrons. The number of amides is 2. The lowest BCUT2D eigenvalue weighted by atomic mass is 10.00. The third-order valence-electron chi connectivity index (χ3n) is 6.60. The summed E-state index contributed by atoms with van der Waals surface area (Å²) in [5.41, 5.74) is 8.73. The van der Waals surface area contributed by atoms with E-state index in [0.717, 1.165) is 17.5 Å². The number of esters is 1. The Hall–Kier alpha value is -4.13. The van der Waals surface area contributed by atoms with Gasteiger partial charge in [-0.05, 0) is 68.4 Å². The number of primary amides is 1. The molecule has 1 saturated carbocycles. The van der Waals surface area contributed by atoms with Gasteiger partial charge in [-0.15, -0.1) is 0 Å². The maximum atomic E-state index is 13.9. The van der Waals surface area contributed by atoms with E-state index in [-0.39, 0.29) is 5.97 Å². The number of para-hydroxylation sites is 1. The van der Waals surface area contributed by atoms with Crippen molar-refractivity contribution in [3.63, 3.8) is 0 Å². The number of nitrogens with zero attached hydrogens (tertiary/aromatic N) is 1. The van der Waals surface area contributed by atoms with Gasteiger partial charge >= 0.3 is 5.97 Å². The van der Waals surface area contributed by atoms with Gasteiger partial charge in [-0.25, -0.2) is 0 Å². The molecule has 7 nitrogen and oxygen atoms in total. The standard InChI is InChI=1S/C32H36N2O5/c1-2-38-29(35)15-7-4-10-22-39-28-14-9-8-13-27(28)30(31(33)36)34(26-20-21-26)32(37)25-18-16-24(17-19-25)23-11-5-3-6-12-23/h3,5-6,8-9,11-14,16-19,26,30H,2,4,7,10,15,20-22H2,1H3,(H2,33,36)/i26D. The number of hydrogen-bond acceptors (Lipinski definition) is 5. The summed E-state index contributed by atoms with van der Waals surface area (Å²) in [6.07, 6.45) is 3.44. The van der Waals surface area contributed by atoms with Gasteiger partial charge in [0.15, 0.2) is 0 Å². The van der Waals surface area contributed by atoms with Crippen molar-refractivity contribution in [1.82, 2.24) is 4.90 Å². The molecule has 3 aromatic rings. The molecule has 0 heterocycles. The monoisotopic (exact) mass is 529 g/mol. The third-order valence-corrected chi connectivity index (χ3v) is 6.60. The quantitative estimate of drug-likeness (QED) is 0.214. The molecular weight excluding hydrogens is 492 g/mol. The lowest BCUT2D eigenvalue weighted by Gasteiger charge is -2.31. The first-order chi connectivity index (χ1) is 19.3. The van der Waals surface area contributed by atoms with Crippen molar-refractivity contribution in [3.8, 4) is 16.9 Å². The highest BCUT2D eigenvalue weighted by Crippen LogP contribution is 2.39. The van der Waals surface area contributed by atoms with Crippen molar-refractivity contribution < 1.29 is 25.2 Å². The van der Waals surface area contributed by atoms with Crippen molar-refractivity contribution in [1.29, 1.82) is 0 Å². The van der Waals surface area contributed by atoms with Gasteiger partial charge in [0, 0.05) is 23.6 Å². The average molecular weight is 530 g/mol. The number of carbonyl (C=O) groups excluding carboxylic acids is 3. The SMILES string of the molecule is [2H]C1(N(C(=O)c2ccc(-c3ccccc3)cc2)C(C(N)=O)c2ccccc2OCCCCCC(=O)OCC)CC1. The maximum absolute atomic E-state index is 13.9. The maximum Gasteiger partial charge on any atom is 0.305 e. The highest BCUT2D eigenvalue weighted by molar-refractivity contribution is 5.98. The van der Waals surface area contributed by atoms with Crippen LogP contribution in [0, 0.1) is 0 Å². The Bertz CT molecular complexity index is 1310. The fourth-order valence-electron chi connectivity index (χ4n) is 4.54. The fourth-order valence-corrected chi connectivity index (χ4v) is 4.54. The average Bonchev–Trinajstić information content (AvgIpc) is 3.71. The number of hydrogen-bond donors (Lipinski definition) is 1. The number of nitrogens with two attached hydrogens (primary N) is 1. The van der Waals surface area contributed by atoms with Crippen LogP contribution in [-0.4, -0.2) is 41.9 Å². The molecule has 2 N–H and O–H groups in total. The van der Waals surface area contributed by atoms with E-state index in [1.54, 1.807) is 43.3 Å². The predicted molar refractivity (Wildman–Crippen MR) is 150 cm³/mol. The Labute approximate surface area is 231 Å². The lowest BCUT2D eigenvalue weighted by Crippen LogP contribution is -2.43. The molecule has 7 heteroatoms. The molecule has 0 aliphatic heterocycles. The van der Waals surface area contributed by atoms with Crippen molar-refractivity contribution >= 4 is 17.8 Å². The molecule has 0 bridgehead atoms. The van der Waals surface area contributed by atoms with Crippen LogP contribution in [0.3, 0.4) is 0 Å². The second kappa shape index (κ2) is 13.6. The second-order valence-corrected chi connectivity index (χ2v) is 9.49. The molecule has 2 amide bonds. The van der Waals surface area contributed by atoms with Crippen molar-refractivity contribution in [2.75, 3.05) is 13.2 Å². The number of rotatable bonds is 14. The van der Waals surface area contributed by atoms with Crippen LogP contribution in [0.5, 0.6) is 5.75 Å². The molecule has 1 aliphatic carbocycles. The summed E-state index contributed by atoms with van der Waals surface area (Å²) in [4.78, 5) is 39.6. The molecule has 39 heavy (non-hydrogen) atoms. The minimum atomic E-state index is -1.23. The first kappa shape index (κ1) is 26.5. The minimum absolute atomic E-state index is 0.207. The topological polar surface area (TPSA) is 98.9 Å². The van der Waals surface area contributed by atoms with Crippen molar-refractivity contribution in [2.45, 2.75) is 57.5 Å². The smallest absolute Gasteiger partial charge is 0.305 e. The Morgan fingerprint density at radius 2 is 1.59 bits per heavy atom. The fraction of sp³-hybridized carbons (Fsp3) is 0.344. The van der Waals surface area contributed by atoms with Crippen LogP contribution < -0.4 is 10.5 Å². The molecule has 0 saturated heterocycles. The molecule has 3 aromatic carbocycles. The number of carbonyl (C=O) groups is 3. The van der Waals surface area contributed by atoms with E-state index in [2.05, 4.69) is 0 Å². The summed E-state index contributed by atoms with van der Waals surface area (Å²) in [5.74, 6) is -0.914. The molecule has 1 atom stereocenters. The second-order valence-electron chi connectivity index (χ2n) is 9.49. The largest absolute Gasteiger partial charge is 0.493 e. The highest BCUT2D eigenvalue weighted by Gasteiger charge is 2.42. The summed E-state index contributed by atoms with van der Waals surface area (Å²) >= 11 is 0. The lowest BCUT2D eigenvalue weighted by molar-refractivity contribution is -0.143. The Morgan fingerprint density at radius 1 is 0.923 bits per heavy atom. The molecular formula is C32H36N2O5. The number of benzene rings is 3. The van der Waals surface area contributed by atoms with E-state index >= 15 is 0 Å². The zero-order chi connectivity index (χ0) is 28.5. The van der Waals surface area contributed by atoms with Gasteiger partial charge in [0.25, 0.3) is 5.91 Å². The van der Waals surface area contributed by atoms with Gasteiger partial charge in [0.2, 0.25) is 5.91 Å². The van der Waals surface area contributed by atoms with Crippen LogP contribution in [0.15, 0.2) is 78.9 Å². The van der Waals surface area contributed by atoms with Crippen LogP contribution in [0.4, 0.5) is 0 Å². The first-order valence-corrected chi connectivity index (χ1v) is 13.5. The van der Waals surface area contributed by atoms with Gasteiger partial charge in [-0.2, -0.15) is 0 Å². The van der Waals surface area contributed by atoms with Crippen LogP contribution >= 0.6 is 0 Å². The van der Waals surface area contributed by atoms with E-state index in [4.69, 9.17) is 16.6 Å². The molecule has 4 rings (SSSR count). The highest BCUT2D eigenvalue weighted by atomic mass is 16.5.